The van der Waals surface area contributed by atoms with Crippen molar-refractivity contribution in [1.82, 2.24) is 5.32 Å². The van der Waals surface area contributed by atoms with Crippen LogP contribution in [0.3, 0.4) is 0 Å². The summed E-state index contributed by atoms with van der Waals surface area (Å²) in [6, 6.07) is 6.29. The minimum absolute atomic E-state index is 0.0335. The molecule has 0 aliphatic heterocycles. The van der Waals surface area contributed by atoms with Gasteiger partial charge in [0, 0.05) is 25.2 Å². The Morgan fingerprint density at radius 3 is 2.70 bits per heavy atom. The van der Waals surface area contributed by atoms with Crippen molar-refractivity contribution in [2.24, 2.45) is 11.1 Å². The van der Waals surface area contributed by atoms with Gasteiger partial charge in [-0.1, -0.05) is 25.0 Å². The number of carbonyl (C=O) groups excluding carboxylic acids is 1. The predicted octanol–water partition coefficient (Wildman–Crippen LogP) is 1.73. The fourth-order valence-electron chi connectivity index (χ4n) is 2.73. The highest BCUT2D eigenvalue weighted by Crippen LogP contribution is 2.37. The van der Waals surface area contributed by atoms with Crippen molar-refractivity contribution < 1.29 is 9.72 Å². The molecule has 3 N–H and O–H groups in total. The molecule has 0 radical (unpaired) electrons. The van der Waals surface area contributed by atoms with Crippen LogP contribution in [0.5, 0.6) is 0 Å². The van der Waals surface area contributed by atoms with Gasteiger partial charge in [-0.15, -0.1) is 0 Å². The Balaban J connectivity index is 1.99. The molecule has 2 rings (SSSR count). The van der Waals surface area contributed by atoms with E-state index in [0.717, 1.165) is 31.2 Å². The first kappa shape index (κ1) is 14.5. The van der Waals surface area contributed by atoms with Crippen molar-refractivity contribution in [1.29, 1.82) is 0 Å². The topological polar surface area (TPSA) is 98.3 Å². The normalized spacial score (nSPS) is 16.9. The number of hydrogen-bond donors (Lipinski definition) is 2. The Kier molecular flexibility index (Phi) is 4.34. The van der Waals surface area contributed by atoms with Crippen LogP contribution in [0.15, 0.2) is 24.3 Å². The first-order valence-electron chi connectivity index (χ1n) is 6.79. The number of nitrogens with one attached hydrogen (secondary N) is 1. The molecule has 0 unspecified atom stereocenters. The van der Waals surface area contributed by atoms with E-state index in [1.165, 1.54) is 12.1 Å². The molecular formula is C14H19N3O3. The summed E-state index contributed by atoms with van der Waals surface area (Å²) in [5, 5.41) is 13.6. The number of amides is 1. The van der Waals surface area contributed by atoms with Crippen molar-refractivity contribution >= 4 is 11.6 Å². The molecule has 0 aromatic heterocycles. The molecule has 0 heterocycles. The highest BCUT2D eigenvalue weighted by Gasteiger charge is 2.39. The lowest BCUT2D eigenvalue weighted by Gasteiger charge is -2.25. The molecule has 6 heteroatoms. The fraction of sp³-hybridized carbons (Fsp3) is 0.500. The average molecular weight is 277 g/mol. The third-order valence-corrected chi connectivity index (χ3v) is 4.01. The number of benzene rings is 1. The number of nitrogens with two attached hydrogens (primary N) is 1. The van der Waals surface area contributed by atoms with E-state index < -0.39 is 10.3 Å². The average Bonchev–Trinajstić information content (AvgIpc) is 2.95. The lowest BCUT2D eigenvalue weighted by Crippen LogP contribution is -2.43. The van der Waals surface area contributed by atoms with Crippen LogP contribution in [0.25, 0.3) is 0 Å². The van der Waals surface area contributed by atoms with Gasteiger partial charge in [0.2, 0.25) is 5.91 Å². The summed E-state index contributed by atoms with van der Waals surface area (Å²) in [4.78, 5) is 22.5. The van der Waals surface area contributed by atoms with E-state index in [2.05, 4.69) is 5.32 Å². The Labute approximate surface area is 117 Å². The van der Waals surface area contributed by atoms with Gasteiger partial charge in [0.15, 0.2) is 0 Å². The van der Waals surface area contributed by atoms with Crippen LogP contribution in [0.2, 0.25) is 0 Å². The second kappa shape index (κ2) is 6.00. The fourth-order valence-corrected chi connectivity index (χ4v) is 2.73. The van der Waals surface area contributed by atoms with Crippen LogP contribution in [-0.2, 0) is 11.3 Å². The zero-order chi connectivity index (χ0) is 14.6. The lowest BCUT2D eigenvalue weighted by molar-refractivity contribution is -0.384. The molecule has 20 heavy (non-hydrogen) atoms. The molecule has 1 saturated carbocycles. The molecule has 1 amide bonds. The molecule has 1 fully saturated rings. The number of nitro groups is 1. The summed E-state index contributed by atoms with van der Waals surface area (Å²) in [6.45, 7) is 0.649. The van der Waals surface area contributed by atoms with Gasteiger partial charge in [0.1, 0.15) is 0 Å². The van der Waals surface area contributed by atoms with E-state index in [1.807, 2.05) is 0 Å². The maximum atomic E-state index is 12.3. The van der Waals surface area contributed by atoms with E-state index in [4.69, 9.17) is 5.73 Å². The largest absolute Gasteiger partial charge is 0.351 e. The Morgan fingerprint density at radius 2 is 2.10 bits per heavy atom. The maximum Gasteiger partial charge on any atom is 0.269 e. The van der Waals surface area contributed by atoms with Gasteiger partial charge in [0.25, 0.3) is 5.69 Å². The van der Waals surface area contributed by atoms with Gasteiger partial charge in [0.05, 0.1) is 10.3 Å². The summed E-state index contributed by atoms with van der Waals surface area (Å²) in [5.74, 6) is -0.0380. The van der Waals surface area contributed by atoms with Crippen molar-refractivity contribution in [2.45, 2.75) is 32.2 Å². The van der Waals surface area contributed by atoms with Gasteiger partial charge in [-0.2, -0.15) is 0 Å². The maximum absolute atomic E-state index is 12.3. The van der Waals surface area contributed by atoms with Crippen LogP contribution in [0.1, 0.15) is 31.2 Å². The molecule has 0 bridgehead atoms. The van der Waals surface area contributed by atoms with Crippen LogP contribution >= 0.6 is 0 Å². The molecule has 6 nitrogen and oxygen atoms in total. The monoisotopic (exact) mass is 277 g/mol. The summed E-state index contributed by atoms with van der Waals surface area (Å²) in [6.07, 6.45) is 3.71. The predicted molar refractivity (Wildman–Crippen MR) is 74.9 cm³/mol. The van der Waals surface area contributed by atoms with E-state index in [9.17, 15) is 14.9 Å². The molecule has 0 atom stereocenters. The quantitative estimate of drug-likeness (QED) is 0.632. The van der Waals surface area contributed by atoms with Crippen LogP contribution in [0.4, 0.5) is 5.69 Å². The number of nitro benzene ring substituents is 1. The van der Waals surface area contributed by atoms with Crippen LogP contribution in [-0.4, -0.2) is 17.4 Å². The minimum atomic E-state index is -0.444. The van der Waals surface area contributed by atoms with E-state index in [-0.39, 0.29) is 11.6 Å². The standard InChI is InChI=1S/C14H19N3O3/c15-10-14(6-1-2-7-14)13(18)16-9-11-4-3-5-12(8-11)17(19)20/h3-5,8H,1-2,6-7,9-10,15H2,(H,16,18). The van der Waals surface area contributed by atoms with Gasteiger partial charge >= 0.3 is 0 Å². The van der Waals surface area contributed by atoms with Crippen molar-refractivity contribution in [3.05, 3.63) is 39.9 Å². The first-order chi connectivity index (χ1) is 9.57. The third-order valence-electron chi connectivity index (χ3n) is 4.01. The van der Waals surface area contributed by atoms with E-state index in [1.54, 1.807) is 12.1 Å². The highest BCUT2D eigenvalue weighted by molar-refractivity contribution is 5.83. The molecule has 1 aliphatic rings. The molecule has 1 aromatic rings. The number of hydrogen-bond acceptors (Lipinski definition) is 4. The SMILES string of the molecule is NCC1(C(=O)NCc2cccc([N+](=O)[O-])c2)CCCC1. The number of nitrogens with zero attached hydrogens (tertiary/aromatic N) is 1. The van der Waals surface area contributed by atoms with E-state index >= 15 is 0 Å². The number of non-ortho nitro benzene ring substituents is 1. The summed E-state index contributed by atoms with van der Waals surface area (Å²) in [5.41, 5.74) is 6.06. The summed E-state index contributed by atoms with van der Waals surface area (Å²) >= 11 is 0. The van der Waals surface area contributed by atoms with Crippen molar-refractivity contribution in [3.8, 4) is 0 Å². The van der Waals surface area contributed by atoms with Gasteiger partial charge < -0.3 is 11.1 Å². The molecule has 108 valence electrons. The highest BCUT2D eigenvalue weighted by atomic mass is 16.6. The van der Waals surface area contributed by atoms with Crippen LogP contribution < -0.4 is 11.1 Å². The summed E-state index contributed by atoms with van der Waals surface area (Å²) < 4.78 is 0. The van der Waals surface area contributed by atoms with Gasteiger partial charge in [-0.3, -0.25) is 14.9 Å². The van der Waals surface area contributed by atoms with Gasteiger partial charge in [-0.25, -0.2) is 0 Å². The first-order valence-corrected chi connectivity index (χ1v) is 6.79. The Morgan fingerprint density at radius 1 is 1.40 bits per heavy atom. The third kappa shape index (κ3) is 2.96. The van der Waals surface area contributed by atoms with Gasteiger partial charge in [-0.05, 0) is 18.4 Å². The van der Waals surface area contributed by atoms with Crippen molar-refractivity contribution in [2.75, 3.05) is 6.54 Å². The van der Waals surface area contributed by atoms with E-state index in [0.29, 0.717) is 13.1 Å². The lowest BCUT2D eigenvalue weighted by atomic mass is 9.85. The Bertz CT molecular complexity index is 510. The molecule has 0 spiro atoms. The Hall–Kier alpha value is -1.95. The zero-order valence-corrected chi connectivity index (χ0v) is 11.3. The summed E-state index contributed by atoms with van der Waals surface area (Å²) in [7, 11) is 0. The minimum Gasteiger partial charge on any atom is -0.351 e. The van der Waals surface area contributed by atoms with Crippen LogP contribution in [0, 0.1) is 15.5 Å². The molecule has 1 aromatic carbocycles. The second-order valence-electron chi connectivity index (χ2n) is 5.30. The molecule has 1 aliphatic carbocycles. The van der Waals surface area contributed by atoms with Crippen molar-refractivity contribution in [3.63, 3.8) is 0 Å². The number of carbonyl (C=O) groups is 1. The zero-order valence-electron chi connectivity index (χ0n) is 11.3. The molecular weight excluding hydrogens is 258 g/mol. The number of rotatable bonds is 5. The smallest absolute Gasteiger partial charge is 0.269 e. The molecule has 0 saturated heterocycles. The second-order valence-corrected chi connectivity index (χ2v) is 5.30.